The molecule has 4 aromatic rings. The topological polar surface area (TPSA) is 69.7 Å². The predicted molar refractivity (Wildman–Crippen MR) is 154 cm³/mol. The molecule has 1 aliphatic rings. The van der Waals surface area contributed by atoms with E-state index in [-0.39, 0.29) is 37.4 Å². The number of amides is 3. The van der Waals surface area contributed by atoms with Gasteiger partial charge in [0.2, 0.25) is 11.8 Å². The summed E-state index contributed by atoms with van der Waals surface area (Å²) >= 11 is 0. The van der Waals surface area contributed by atoms with E-state index in [1.807, 2.05) is 74.5 Å². The Morgan fingerprint density at radius 2 is 1.62 bits per heavy atom. The largest absolute Gasteiger partial charge is 0.352 e. The number of anilines is 1. The highest BCUT2D eigenvalue weighted by Crippen LogP contribution is 2.37. The second-order valence-electron chi connectivity index (χ2n) is 10.2. The number of halogens is 1. The van der Waals surface area contributed by atoms with Crippen LogP contribution in [0.2, 0.25) is 0 Å². The van der Waals surface area contributed by atoms with Crippen molar-refractivity contribution in [2.75, 3.05) is 11.4 Å². The van der Waals surface area contributed by atoms with Crippen molar-refractivity contribution >= 4 is 34.2 Å². The molecule has 0 spiro atoms. The summed E-state index contributed by atoms with van der Waals surface area (Å²) in [5.41, 5.74) is 2.36. The summed E-state index contributed by atoms with van der Waals surface area (Å²) in [5.74, 6) is -1.49. The lowest BCUT2D eigenvalue weighted by Gasteiger charge is -2.33. The number of carbonyl (C=O) groups is 3. The van der Waals surface area contributed by atoms with Gasteiger partial charge in [0, 0.05) is 35.5 Å². The molecule has 0 saturated heterocycles. The minimum absolute atomic E-state index is 0.108. The highest BCUT2D eigenvalue weighted by Gasteiger charge is 2.36. The molecule has 3 amide bonds. The van der Waals surface area contributed by atoms with Gasteiger partial charge in [-0.1, -0.05) is 79.7 Å². The summed E-state index contributed by atoms with van der Waals surface area (Å²) < 4.78 is 14.9. The minimum Gasteiger partial charge on any atom is -0.352 e. The molecule has 0 aromatic heterocycles. The number of hydrogen-bond acceptors (Lipinski definition) is 3. The fourth-order valence-electron chi connectivity index (χ4n) is 5.17. The van der Waals surface area contributed by atoms with Crippen molar-refractivity contribution in [3.8, 4) is 0 Å². The Labute approximate surface area is 233 Å². The molecule has 0 aliphatic carbocycles. The Morgan fingerprint density at radius 3 is 2.35 bits per heavy atom. The second-order valence-corrected chi connectivity index (χ2v) is 10.2. The quantitative estimate of drug-likeness (QED) is 0.291. The molecule has 7 heteroatoms. The molecule has 4 aromatic carbocycles. The summed E-state index contributed by atoms with van der Waals surface area (Å²) in [6, 6.07) is 25.8. The third kappa shape index (κ3) is 5.45. The van der Waals surface area contributed by atoms with E-state index in [2.05, 4.69) is 5.32 Å². The van der Waals surface area contributed by atoms with Gasteiger partial charge in [-0.2, -0.15) is 0 Å². The zero-order chi connectivity index (χ0) is 28.2. The first-order chi connectivity index (χ1) is 19.4. The number of nitrogens with one attached hydrogen (secondary N) is 1. The second kappa shape index (κ2) is 11.7. The zero-order valence-corrected chi connectivity index (χ0v) is 22.6. The fourth-order valence-corrected chi connectivity index (χ4v) is 5.17. The molecule has 40 heavy (non-hydrogen) atoms. The van der Waals surface area contributed by atoms with E-state index in [0.717, 1.165) is 22.8 Å². The van der Waals surface area contributed by atoms with Crippen LogP contribution in [0.4, 0.5) is 10.1 Å². The van der Waals surface area contributed by atoms with Crippen LogP contribution >= 0.6 is 0 Å². The first-order valence-corrected chi connectivity index (χ1v) is 13.6. The molecule has 2 atom stereocenters. The van der Waals surface area contributed by atoms with Crippen molar-refractivity contribution in [2.45, 2.75) is 45.3 Å². The van der Waals surface area contributed by atoms with Crippen molar-refractivity contribution < 1.29 is 18.8 Å². The van der Waals surface area contributed by atoms with Crippen LogP contribution in [0.15, 0.2) is 91.0 Å². The Hall–Kier alpha value is -4.52. The standard InChI is InChI=1S/C33H32FN3O3/c1-3-22(2)35-32(39)29(19-23-11-5-4-6-12-23)36(20-25-13-7-8-17-27(25)34)30(38)21-37-28-18-10-15-24-14-9-16-26(31(24)28)33(37)40/h4-18,22,29H,3,19-21H2,1-2H3,(H,35,39)/t22-,29-/m0/s1. The fraction of sp³-hybridized carbons (Fsp3) is 0.242. The first-order valence-electron chi connectivity index (χ1n) is 13.6. The van der Waals surface area contributed by atoms with Gasteiger partial charge >= 0.3 is 0 Å². The van der Waals surface area contributed by atoms with E-state index in [0.29, 0.717) is 16.8 Å². The number of carbonyl (C=O) groups excluding carboxylic acids is 3. The highest BCUT2D eigenvalue weighted by molar-refractivity contribution is 6.26. The molecule has 0 saturated carbocycles. The molecule has 1 aliphatic heterocycles. The van der Waals surface area contributed by atoms with Gasteiger partial charge in [-0.3, -0.25) is 19.3 Å². The summed E-state index contributed by atoms with van der Waals surface area (Å²) in [6.07, 6.45) is 0.961. The third-order valence-corrected chi connectivity index (χ3v) is 7.51. The lowest BCUT2D eigenvalue weighted by atomic mass is 10.0. The molecule has 0 fully saturated rings. The molecular weight excluding hydrogens is 505 g/mol. The number of rotatable bonds is 10. The summed E-state index contributed by atoms with van der Waals surface area (Å²) in [7, 11) is 0. The van der Waals surface area contributed by atoms with Crippen molar-refractivity contribution in [3.63, 3.8) is 0 Å². The maximum atomic E-state index is 14.9. The van der Waals surface area contributed by atoms with Crippen LogP contribution in [0.3, 0.4) is 0 Å². The first kappa shape index (κ1) is 27.1. The van der Waals surface area contributed by atoms with Crippen LogP contribution in [0.25, 0.3) is 10.8 Å². The van der Waals surface area contributed by atoms with Crippen molar-refractivity contribution in [2.24, 2.45) is 0 Å². The van der Waals surface area contributed by atoms with Gasteiger partial charge in [-0.15, -0.1) is 0 Å². The van der Waals surface area contributed by atoms with Gasteiger partial charge in [0.1, 0.15) is 18.4 Å². The van der Waals surface area contributed by atoms with Crippen LogP contribution in [0.1, 0.15) is 41.8 Å². The lowest BCUT2D eigenvalue weighted by molar-refractivity contribution is -0.140. The third-order valence-electron chi connectivity index (χ3n) is 7.51. The van der Waals surface area contributed by atoms with Gasteiger partial charge in [-0.25, -0.2) is 4.39 Å². The van der Waals surface area contributed by atoms with Gasteiger partial charge in [-0.05, 0) is 42.5 Å². The Morgan fingerprint density at radius 1 is 0.925 bits per heavy atom. The lowest BCUT2D eigenvalue weighted by Crippen LogP contribution is -2.54. The minimum atomic E-state index is -0.917. The number of benzene rings is 4. The van der Waals surface area contributed by atoms with E-state index in [1.165, 1.54) is 15.9 Å². The van der Waals surface area contributed by atoms with Crippen molar-refractivity contribution in [1.29, 1.82) is 0 Å². The summed E-state index contributed by atoms with van der Waals surface area (Å²) in [5, 5.41) is 4.73. The van der Waals surface area contributed by atoms with Crippen LogP contribution in [0, 0.1) is 5.82 Å². The predicted octanol–water partition coefficient (Wildman–Crippen LogP) is 5.49. The maximum Gasteiger partial charge on any atom is 0.259 e. The van der Waals surface area contributed by atoms with Gasteiger partial charge in [0.05, 0.1) is 5.69 Å². The van der Waals surface area contributed by atoms with Gasteiger partial charge in [0.25, 0.3) is 5.91 Å². The number of nitrogens with zero attached hydrogens (tertiary/aromatic N) is 2. The van der Waals surface area contributed by atoms with E-state index in [4.69, 9.17) is 0 Å². The molecule has 0 bridgehead atoms. The Bertz CT molecular complexity index is 1550. The number of hydrogen-bond donors (Lipinski definition) is 1. The van der Waals surface area contributed by atoms with Crippen molar-refractivity contribution in [1.82, 2.24) is 10.2 Å². The molecule has 6 nitrogen and oxygen atoms in total. The van der Waals surface area contributed by atoms with E-state index in [9.17, 15) is 18.8 Å². The molecule has 1 N–H and O–H groups in total. The molecule has 0 radical (unpaired) electrons. The van der Waals surface area contributed by atoms with Crippen LogP contribution in [-0.4, -0.2) is 41.2 Å². The maximum absolute atomic E-state index is 14.9. The van der Waals surface area contributed by atoms with E-state index in [1.54, 1.807) is 24.3 Å². The molecule has 1 heterocycles. The molecule has 5 rings (SSSR count). The van der Waals surface area contributed by atoms with E-state index >= 15 is 0 Å². The van der Waals surface area contributed by atoms with Crippen molar-refractivity contribution in [3.05, 3.63) is 114 Å². The van der Waals surface area contributed by atoms with Crippen LogP contribution < -0.4 is 10.2 Å². The van der Waals surface area contributed by atoms with Gasteiger partial charge < -0.3 is 10.2 Å². The monoisotopic (exact) mass is 537 g/mol. The normalized spacial score (nSPS) is 13.8. The smallest absolute Gasteiger partial charge is 0.259 e. The zero-order valence-electron chi connectivity index (χ0n) is 22.6. The average Bonchev–Trinajstić information content (AvgIpc) is 3.24. The van der Waals surface area contributed by atoms with Crippen LogP contribution in [0.5, 0.6) is 0 Å². The van der Waals surface area contributed by atoms with Gasteiger partial charge in [0.15, 0.2) is 0 Å². The molecule has 0 unspecified atom stereocenters. The highest BCUT2D eigenvalue weighted by atomic mass is 19.1. The molecular formula is C33H32FN3O3. The summed E-state index contributed by atoms with van der Waals surface area (Å²) in [6.45, 7) is 3.48. The molecule has 204 valence electrons. The van der Waals surface area contributed by atoms with Crippen LogP contribution in [-0.2, 0) is 22.6 Å². The Balaban J connectivity index is 1.52. The average molecular weight is 538 g/mol. The Kier molecular flexibility index (Phi) is 7.91. The van der Waals surface area contributed by atoms with E-state index < -0.39 is 17.8 Å². The summed E-state index contributed by atoms with van der Waals surface area (Å²) in [4.78, 5) is 44.2. The SMILES string of the molecule is CC[C@H](C)NC(=O)[C@H](Cc1ccccc1)N(Cc1ccccc1F)C(=O)CN1C(=O)c2cccc3cccc1c23.